The van der Waals surface area contributed by atoms with Crippen LogP contribution >= 0.6 is 0 Å². The number of carboxylic acid groups (broad SMARTS) is 1. The highest BCUT2D eigenvalue weighted by atomic mass is 32.2. The van der Waals surface area contributed by atoms with E-state index in [1.54, 1.807) is 0 Å². The number of carbonyl (C=O) groups is 1. The maximum absolute atomic E-state index is 12.5. The molecule has 0 saturated heterocycles. The molecule has 0 aliphatic rings. The van der Waals surface area contributed by atoms with Gasteiger partial charge in [0.05, 0.1) is 12.0 Å². The summed E-state index contributed by atoms with van der Waals surface area (Å²) in [5, 5.41) is 7.92. The molecule has 0 heterocycles. The highest BCUT2D eigenvalue weighted by Gasteiger charge is 2.33. The van der Waals surface area contributed by atoms with Gasteiger partial charge in [-0.2, -0.15) is 0 Å². The third-order valence-corrected chi connectivity index (χ3v) is 5.97. The second kappa shape index (κ2) is 9.55. The van der Waals surface area contributed by atoms with E-state index >= 15 is 0 Å². The smallest absolute Gasteiger partial charge is 0.322 e. The number of unbranched alkanes of at least 4 members (excludes halogenated alkanes) is 5. The Morgan fingerprint density at radius 2 is 1.65 bits per heavy atom. The van der Waals surface area contributed by atoms with Gasteiger partial charge in [-0.15, -0.1) is 0 Å². The van der Waals surface area contributed by atoms with Gasteiger partial charge in [0, 0.05) is 0 Å². The van der Waals surface area contributed by atoms with E-state index in [1.807, 2.05) is 0 Å². The highest BCUT2D eigenvalue weighted by molar-refractivity contribution is 7.92. The fraction of sp³-hybridized carbons (Fsp3) is 0.588. The number of rotatable bonds is 11. The summed E-state index contributed by atoms with van der Waals surface area (Å²) in [7, 11) is -2.39. The Balaban J connectivity index is 2.72. The zero-order valence-electron chi connectivity index (χ0n) is 13.8. The van der Waals surface area contributed by atoms with Crippen molar-refractivity contribution in [3.63, 3.8) is 0 Å². The summed E-state index contributed by atoms with van der Waals surface area (Å²) in [6, 6.07) is 5.84. The topological polar surface area (TPSA) is 80.7 Å². The number of sulfone groups is 1. The molecule has 1 N–H and O–H groups in total. The largest absolute Gasteiger partial charge is 0.497 e. The van der Waals surface area contributed by atoms with Gasteiger partial charge < -0.3 is 9.84 Å². The van der Waals surface area contributed by atoms with E-state index in [0.717, 1.165) is 32.1 Å². The van der Waals surface area contributed by atoms with Gasteiger partial charge in [0.25, 0.3) is 0 Å². The van der Waals surface area contributed by atoms with Crippen LogP contribution in [0.1, 0.15) is 51.9 Å². The molecule has 6 heteroatoms. The molecule has 0 fully saturated rings. The van der Waals surface area contributed by atoms with Crippen LogP contribution in [0.25, 0.3) is 0 Å². The van der Waals surface area contributed by atoms with Crippen molar-refractivity contribution < 1.29 is 23.1 Å². The van der Waals surface area contributed by atoms with Crippen molar-refractivity contribution in [3.8, 4) is 5.75 Å². The molecular weight excluding hydrogens is 316 g/mol. The van der Waals surface area contributed by atoms with E-state index in [0.29, 0.717) is 12.2 Å². The van der Waals surface area contributed by atoms with Gasteiger partial charge in [-0.3, -0.25) is 4.79 Å². The fourth-order valence-corrected chi connectivity index (χ4v) is 4.04. The molecule has 0 spiro atoms. The van der Waals surface area contributed by atoms with Crippen molar-refractivity contribution in [2.24, 2.45) is 0 Å². The first-order valence-electron chi connectivity index (χ1n) is 8.04. The van der Waals surface area contributed by atoms with Gasteiger partial charge in [0.1, 0.15) is 5.75 Å². The van der Waals surface area contributed by atoms with Crippen LogP contribution in [0.4, 0.5) is 0 Å². The first-order chi connectivity index (χ1) is 10.9. The number of carboxylic acids is 1. The fourth-order valence-electron chi connectivity index (χ4n) is 2.45. The standard InChI is InChI=1S/C17H26O5S/c1-3-4-5-6-7-8-9-16(17(18)19)23(20,21)15-12-10-14(22-2)11-13-15/h10-13,16H,3-9H2,1-2H3,(H,18,19). The molecule has 1 unspecified atom stereocenters. The predicted molar refractivity (Wildman–Crippen MR) is 89.6 cm³/mol. The maximum atomic E-state index is 12.5. The summed E-state index contributed by atoms with van der Waals surface area (Å²) in [6.45, 7) is 2.13. The van der Waals surface area contributed by atoms with Crippen LogP contribution in [0.2, 0.25) is 0 Å². The third-order valence-electron chi connectivity index (χ3n) is 3.86. The van der Waals surface area contributed by atoms with Gasteiger partial charge in [-0.1, -0.05) is 45.4 Å². The average molecular weight is 342 g/mol. The Morgan fingerprint density at radius 3 is 2.17 bits per heavy atom. The Bertz CT molecular complexity index is 578. The lowest BCUT2D eigenvalue weighted by molar-refractivity contribution is -0.136. The second-order valence-electron chi connectivity index (χ2n) is 5.60. The number of hydrogen-bond donors (Lipinski definition) is 1. The molecule has 0 saturated carbocycles. The number of benzene rings is 1. The maximum Gasteiger partial charge on any atom is 0.322 e. The molecule has 0 bridgehead atoms. The average Bonchev–Trinajstić information content (AvgIpc) is 2.53. The molecule has 1 aromatic carbocycles. The Hall–Kier alpha value is -1.56. The number of methoxy groups -OCH3 is 1. The van der Waals surface area contributed by atoms with Crippen molar-refractivity contribution >= 4 is 15.8 Å². The van der Waals surface area contributed by atoms with Gasteiger partial charge in [-0.05, 0) is 30.7 Å². The first-order valence-corrected chi connectivity index (χ1v) is 9.58. The molecule has 1 rings (SSSR count). The minimum Gasteiger partial charge on any atom is -0.497 e. The van der Waals surface area contributed by atoms with E-state index in [9.17, 15) is 18.3 Å². The van der Waals surface area contributed by atoms with E-state index in [2.05, 4.69) is 6.92 Å². The number of aliphatic carboxylic acids is 1. The molecule has 23 heavy (non-hydrogen) atoms. The summed E-state index contributed by atoms with van der Waals surface area (Å²) in [4.78, 5) is 11.4. The minimum atomic E-state index is -3.88. The van der Waals surface area contributed by atoms with Crippen molar-refractivity contribution in [3.05, 3.63) is 24.3 Å². The van der Waals surface area contributed by atoms with Crippen LogP contribution in [0.3, 0.4) is 0 Å². The SMILES string of the molecule is CCCCCCCCC(C(=O)O)S(=O)(=O)c1ccc(OC)cc1. The monoisotopic (exact) mass is 342 g/mol. The zero-order valence-corrected chi connectivity index (χ0v) is 14.6. The Kier molecular flexibility index (Phi) is 8.09. The van der Waals surface area contributed by atoms with Crippen LogP contribution in [-0.4, -0.2) is 31.9 Å². The van der Waals surface area contributed by atoms with E-state index in [4.69, 9.17) is 4.74 Å². The van der Waals surface area contributed by atoms with Crippen LogP contribution in [0.15, 0.2) is 29.2 Å². The number of hydrogen-bond acceptors (Lipinski definition) is 4. The van der Waals surface area contributed by atoms with Crippen LogP contribution in [0, 0.1) is 0 Å². The van der Waals surface area contributed by atoms with Crippen molar-refractivity contribution in [2.45, 2.75) is 62.0 Å². The second-order valence-corrected chi connectivity index (χ2v) is 7.73. The quantitative estimate of drug-likeness (QED) is 0.621. The van der Waals surface area contributed by atoms with Crippen LogP contribution in [-0.2, 0) is 14.6 Å². The van der Waals surface area contributed by atoms with Gasteiger partial charge in [0.15, 0.2) is 15.1 Å². The Labute approximate surface area is 138 Å². The van der Waals surface area contributed by atoms with Gasteiger partial charge in [-0.25, -0.2) is 8.42 Å². The molecule has 0 aliphatic heterocycles. The van der Waals surface area contributed by atoms with Crippen LogP contribution < -0.4 is 4.74 Å². The van der Waals surface area contributed by atoms with Gasteiger partial charge >= 0.3 is 5.97 Å². The zero-order chi connectivity index (χ0) is 17.3. The van der Waals surface area contributed by atoms with Crippen molar-refractivity contribution in [1.29, 1.82) is 0 Å². The van der Waals surface area contributed by atoms with E-state index in [-0.39, 0.29) is 11.3 Å². The predicted octanol–water partition coefficient (Wildman–Crippen LogP) is 3.67. The van der Waals surface area contributed by atoms with E-state index in [1.165, 1.54) is 31.4 Å². The molecule has 0 aromatic heterocycles. The molecule has 0 amide bonds. The molecule has 0 radical (unpaired) electrons. The minimum absolute atomic E-state index is 0.0247. The lowest BCUT2D eigenvalue weighted by atomic mass is 10.1. The lowest BCUT2D eigenvalue weighted by Crippen LogP contribution is -2.30. The molecule has 5 nitrogen and oxygen atoms in total. The molecule has 130 valence electrons. The van der Waals surface area contributed by atoms with Crippen molar-refractivity contribution in [2.75, 3.05) is 7.11 Å². The van der Waals surface area contributed by atoms with Gasteiger partial charge in [0.2, 0.25) is 0 Å². The molecule has 0 aliphatic carbocycles. The summed E-state index contributed by atoms with van der Waals surface area (Å²) in [5.74, 6) is -0.749. The Morgan fingerprint density at radius 1 is 1.09 bits per heavy atom. The summed E-state index contributed by atoms with van der Waals surface area (Å²) in [5.41, 5.74) is 0. The van der Waals surface area contributed by atoms with E-state index < -0.39 is 21.1 Å². The lowest BCUT2D eigenvalue weighted by Gasteiger charge is -2.14. The van der Waals surface area contributed by atoms with Crippen molar-refractivity contribution in [1.82, 2.24) is 0 Å². The third kappa shape index (κ3) is 5.86. The van der Waals surface area contributed by atoms with Crippen LogP contribution in [0.5, 0.6) is 5.75 Å². The summed E-state index contributed by atoms with van der Waals surface area (Å²) >= 11 is 0. The first kappa shape index (κ1) is 19.5. The molecule has 1 atom stereocenters. The molecule has 1 aromatic rings. The highest BCUT2D eigenvalue weighted by Crippen LogP contribution is 2.23. The normalized spacial score (nSPS) is 12.8. The summed E-state index contributed by atoms with van der Waals surface area (Å²) < 4.78 is 30.0. The summed E-state index contributed by atoms with van der Waals surface area (Å²) in [6.07, 6.45) is 6.05. The number of ether oxygens (including phenoxy) is 1. The molecular formula is C17H26O5S.